The summed E-state index contributed by atoms with van der Waals surface area (Å²) in [6, 6.07) is 15.2. The summed E-state index contributed by atoms with van der Waals surface area (Å²) < 4.78 is 14.1. The maximum atomic E-state index is 13.0. The zero-order valence-corrected chi connectivity index (χ0v) is 13.4. The Kier molecular flexibility index (Phi) is 4.56. The zero-order valence-electron chi connectivity index (χ0n) is 11.8. The van der Waals surface area contributed by atoms with Crippen molar-refractivity contribution in [1.82, 2.24) is 4.90 Å². The lowest BCUT2D eigenvalue weighted by atomic mass is 10.2. The molecule has 0 unspecified atom stereocenters. The van der Waals surface area contributed by atoms with Gasteiger partial charge in [-0.05, 0) is 42.0 Å². The summed E-state index contributed by atoms with van der Waals surface area (Å²) >= 11 is 3.52. The van der Waals surface area contributed by atoms with E-state index in [0.29, 0.717) is 0 Å². The minimum absolute atomic E-state index is 0.174. The van der Waals surface area contributed by atoms with E-state index < -0.39 is 0 Å². The Balaban J connectivity index is 1.56. The lowest BCUT2D eigenvalue weighted by Gasteiger charge is -2.36. The van der Waals surface area contributed by atoms with Gasteiger partial charge in [0.1, 0.15) is 5.82 Å². The van der Waals surface area contributed by atoms with E-state index in [1.807, 2.05) is 12.1 Å². The molecule has 1 aliphatic heterocycles. The van der Waals surface area contributed by atoms with E-state index in [1.165, 1.54) is 17.7 Å². The molecule has 110 valence electrons. The molecule has 2 aromatic carbocycles. The molecule has 0 saturated carbocycles. The van der Waals surface area contributed by atoms with Gasteiger partial charge in [0.15, 0.2) is 0 Å². The maximum absolute atomic E-state index is 13.0. The largest absolute Gasteiger partial charge is 0.369 e. The van der Waals surface area contributed by atoms with E-state index in [9.17, 15) is 4.39 Å². The predicted molar refractivity (Wildman–Crippen MR) is 88.0 cm³/mol. The van der Waals surface area contributed by atoms with Crippen molar-refractivity contribution in [3.8, 4) is 0 Å². The fraction of sp³-hybridized carbons (Fsp3) is 0.294. The van der Waals surface area contributed by atoms with Crippen molar-refractivity contribution < 1.29 is 4.39 Å². The monoisotopic (exact) mass is 348 g/mol. The van der Waals surface area contributed by atoms with Crippen molar-refractivity contribution in [2.75, 3.05) is 31.1 Å². The summed E-state index contributed by atoms with van der Waals surface area (Å²) in [5.41, 5.74) is 2.44. The van der Waals surface area contributed by atoms with Crippen LogP contribution in [0.3, 0.4) is 0 Å². The second-order valence-corrected chi connectivity index (χ2v) is 6.29. The Hall–Kier alpha value is -1.39. The molecule has 1 aliphatic rings. The molecule has 1 saturated heterocycles. The van der Waals surface area contributed by atoms with Crippen molar-refractivity contribution in [1.29, 1.82) is 0 Å². The molecule has 0 bridgehead atoms. The Morgan fingerprint density at radius 1 is 0.952 bits per heavy atom. The lowest BCUT2D eigenvalue weighted by molar-refractivity contribution is 0.250. The summed E-state index contributed by atoms with van der Waals surface area (Å²) in [7, 11) is 0. The standard InChI is InChI=1S/C17H18BrFN2/c18-15-3-1-2-14(12-15)13-20-8-10-21(11-9-20)17-6-4-16(19)5-7-17/h1-7,12H,8-11,13H2. The van der Waals surface area contributed by atoms with Gasteiger partial charge in [-0.15, -0.1) is 0 Å². The number of benzene rings is 2. The first kappa shape index (κ1) is 14.5. The Labute approximate surface area is 133 Å². The number of rotatable bonds is 3. The van der Waals surface area contributed by atoms with Crippen LogP contribution >= 0.6 is 15.9 Å². The average Bonchev–Trinajstić information content (AvgIpc) is 2.49. The van der Waals surface area contributed by atoms with Crippen LogP contribution in [-0.4, -0.2) is 31.1 Å². The number of halogens is 2. The van der Waals surface area contributed by atoms with Crippen molar-refractivity contribution in [2.45, 2.75) is 6.54 Å². The van der Waals surface area contributed by atoms with E-state index in [-0.39, 0.29) is 5.82 Å². The summed E-state index contributed by atoms with van der Waals surface area (Å²) in [6.07, 6.45) is 0. The highest BCUT2D eigenvalue weighted by molar-refractivity contribution is 9.10. The van der Waals surface area contributed by atoms with Crippen LogP contribution in [0.4, 0.5) is 10.1 Å². The fourth-order valence-electron chi connectivity index (χ4n) is 2.71. The second-order valence-electron chi connectivity index (χ2n) is 5.37. The quantitative estimate of drug-likeness (QED) is 0.829. The van der Waals surface area contributed by atoms with Crippen molar-refractivity contribution >= 4 is 21.6 Å². The van der Waals surface area contributed by atoms with E-state index in [0.717, 1.165) is 42.9 Å². The summed E-state index contributed by atoms with van der Waals surface area (Å²) in [5.74, 6) is -0.174. The molecule has 2 nitrogen and oxygen atoms in total. The number of hydrogen-bond acceptors (Lipinski definition) is 2. The minimum Gasteiger partial charge on any atom is -0.369 e. The van der Waals surface area contributed by atoms with Crippen LogP contribution in [0, 0.1) is 5.82 Å². The van der Waals surface area contributed by atoms with Crippen molar-refractivity contribution in [2.24, 2.45) is 0 Å². The number of anilines is 1. The molecule has 1 heterocycles. The van der Waals surface area contributed by atoms with Gasteiger partial charge < -0.3 is 4.90 Å². The molecule has 0 radical (unpaired) electrons. The van der Waals surface area contributed by atoms with E-state index in [4.69, 9.17) is 0 Å². The van der Waals surface area contributed by atoms with Gasteiger partial charge >= 0.3 is 0 Å². The van der Waals surface area contributed by atoms with Crippen LogP contribution in [0.25, 0.3) is 0 Å². The van der Waals surface area contributed by atoms with E-state index in [1.54, 1.807) is 0 Å². The summed E-state index contributed by atoms with van der Waals surface area (Å²) in [6.45, 7) is 5.02. The Morgan fingerprint density at radius 2 is 1.67 bits per heavy atom. The Morgan fingerprint density at radius 3 is 2.33 bits per heavy atom. The summed E-state index contributed by atoms with van der Waals surface area (Å²) in [4.78, 5) is 4.78. The minimum atomic E-state index is -0.174. The number of piperazine rings is 1. The third kappa shape index (κ3) is 3.83. The molecular formula is C17H18BrFN2. The normalized spacial score (nSPS) is 16.2. The molecular weight excluding hydrogens is 331 g/mol. The smallest absolute Gasteiger partial charge is 0.123 e. The molecule has 0 amide bonds. The van der Waals surface area contributed by atoms with Crippen LogP contribution in [-0.2, 0) is 6.54 Å². The zero-order chi connectivity index (χ0) is 14.7. The van der Waals surface area contributed by atoms with Crippen LogP contribution in [0.2, 0.25) is 0 Å². The predicted octanol–water partition coefficient (Wildman–Crippen LogP) is 3.91. The highest BCUT2D eigenvalue weighted by Gasteiger charge is 2.17. The third-order valence-electron chi connectivity index (χ3n) is 3.86. The van der Waals surface area contributed by atoms with Gasteiger partial charge in [-0.2, -0.15) is 0 Å². The van der Waals surface area contributed by atoms with Gasteiger partial charge in [-0.3, -0.25) is 4.90 Å². The molecule has 2 aromatic rings. The van der Waals surface area contributed by atoms with Gasteiger partial charge in [0, 0.05) is 42.9 Å². The summed E-state index contributed by atoms with van der Waals surface area (Å²) in [5, 5.41) is 0. The molecule has 1 fully saturated rings. The lowest BCUT2D eigenvalue weighted by Crippen LogP contribution is -2.45. The molecule has 4 heteroatoms. The molecule has 0 aromatic heterocycles. The van der Waals surface area contributed by atoms with Crippen molar-refractivity contribution in [3.05, 3.63) is 64.4 Å². The highest BCUT2D eigenvalue weighted by atomic mass is 79.9. The van der Waals surface area contributed by atoms with E-state index >= 15 is 0 Å². The van der Waals surface area contributed by atoms with Gasteiger partial charge in [0.05, 0.1) is 0 Å². The molecule has 0 atom stereocenters. The average molecular weight is 349 g/mol. The van der Waals surface area contributed by atoms with Gasteiger partial charge in [0.25, 0.3) is 0 Å². The molecule has 3 rings (SSSR count). The first-order chi connectivity index (χ1) is 10.2. The highest BCUT2D eigenvalue weighted by Crippen LogP contribution is 2.19. The molecule has 21 heavy (non-hydrogen) atoms. The first-order valence-electron chi connectivity index (χ1n) is 7.18. The Bertz CT molecular complexity index is 592. The first-order valence-corrected chi connectivity index (χ1v) is 7.97. The number of nitrogens with zero attached hydrogens (tertiary/aromatic N) is 2. The SMILES string of the molecule is Fc1ccc(N2CCN(Cc3cccc(Br)c3)CC2)cc1. The number of hydrogen-bond donors (Lipinski definition) is 0. The van der Waals surface area contributed by atoms with Crippen LogP contribution in [0.1, 0.15) is 5.56 Å². The molecule has 0 aliphatic carbocycles. The van der Waals surface area contributed by atoms with Crippen LogP contribution < -0.4 is 4.90 Å². The van der Waals surface area contributed by atoms with Crippen LogP contribution in [0.5, 0.6) is 0 Å². The molecule has 0 spiro atoms. The van der Waals surface area contributed by atoms with Crippen LogP contribution in [0.15, 0.2) is 53.0 Å². The van der Waals surface area contributed by atoms with Crippen molar-refractivity contribution in [3.63, 3.8) is 0 Å². The second kappa shape index (κ2) is 6.58. The van der Waals surface area contributed by atoms with Gasteiger partial charge in [0.2, 0.25) is 0 Å². The van der Waals surface area contributed by atoms with Gasteiger partial charge in [-0.25, -0.2) is 4.39 Å². The topological polar surface area (TPSA) is 6.48 Å². The molecule has 0 N–H and O–H groups in total. The fourth-order valence-corrected chi connectivity index (χ4v) is 3.16. The van der Waals surface area contributed by atoms with Gasteiger partial charge in [-0.1, -0.05) is 28.1 Å². The maximum Gasteiger partial charge on any atom is 0.123 e. The van der Waals surface area contributed by atoms with E-state index in [2.05, 4.69) is 50.0 Å². The third-order valence-corrected chi connectivity index (χ3v) is 4.35.